The molecule has 0 aliphatic carbocycles. The Morgan fingerprint density at radius 2 is 1.52 bits per heavy atom. The van der Waals surface area contributed by atoms with Gasteiger partial charge in [-0.2, -0.15) is 0 Å². The Morgan fingerprint density at radius 3 is 1.81 bits per heavy atom. The van der Waals surface area contributed by atoms with Gasteiger partial charge in [-0.05, 0) is 29.9 Å². The van der Waals surface area contributed by atoms with Crippen LogP contribution in [0.15, 0.2) is 23.2 Å². The molecule has 0 fully saturated rings. The summed E-state index contributed by atoms with van der Waals surface area (Å²) in [6, 6.07) is 6.05. The van der Waals surface area contributed by atoms with Gasteiger partial charge in [-0.1, -0.05) is 45.9 Å². The number of benzene rings is 1. The number of carboxylic acids is 1. The fraction of sp³-hybridized carbons (Fsp3) is 0.467. The van der Waals surface area contributed by atoms with Crippen LogP contribution < -0.4 is 0 Å². The summed E-state index contributed by atoms with van der Waals surface area (Å²) in [6.45, 7) is 9.90. The third-order valence-electron chi connectivity index (χ3n) is 2.93. The minimum absolute atomic E-state index is 0.130. The minimum atomic E-state index is -0.969. The molecule has 3 nitrogen and oxygen atoms in total. The molecule has 6 heteroatoms. The number of hydrogen-bond acceptors (Lipinski definition) is 2. The van der Waals surface area contributed by atoms with Crippen LogP contribution in [0.2, 0.25) is 0 Å². The van der Waals surface area contributed by atoms with Gasteiger partial charge in [-0.15, -0.1) is 0 Å². The number of hydrogen-bond donors (Lipinski definition) is 1. The molecule has 0 aliphatic rings. The van der Waals surface area contributed by atoms with E-state index < -0.39 is 23.0 Å². The van der Waals surface area contributed by atoms with E-state index >= 15 is 0 Å². The summed E-state index contributed by atoms with van der Waals surface area (Å²) < 4.78 is 0. The summed E-state index contributed by atoms with van der Waals surface area (Å²) in [4.78, 5) is 15.3. The van der Waals surface area contributed by atoms with Crippen LogP contribution in [0.25, 0.3) is 0 Å². The van der Waals surface area contributed by atoms with Crippen molar-refractivity contribution in [2.45, 2.75) is 46.5 Å². The van der Waals surface area contributed by atoms with Gasteiger partial charge in [0.05, 0.1) is 5.69 Å². The van der Waals surface area contributed by atoms with Crippen molar-refractivity contribution >= 4 is 36.0 Å². The zero-order valence-electron chi connectivity index (χ0n) is 12.9. The van der Waals surface area contributed by atoms with Crippen molar-refractivity contribution in [3.8, 4) is 0 Å². The van der Waals surface area contributed by atoms with Crippen molar-refractivity contribution in [1.29, 1.82) is 0 Å². The average molecular weight is 366 g/mol. The summed E-state index contributed by atoms with van der Waals surface area (Å²) in [5, 5.41) is 8.97. The summed E-state index contributed by atoms with van der Waals surface area (Å²) in [7, 11) is 9.78. The molecular formula is C15H21Cl2NO2Ti. The molecule has 1 N–H and O–H groups in total. The average Bonchev–Trinajstić information content (AvgIpc) is 2.39. The quantitative estimate of drug-likeness (QED) is 0.566. The topological polar surface area (TPSA) is 49.7 Å². The third kappa shape index (κ3) is 6.97. The van der Waals surface area contributed by atoms with Crippen LogP contribution in [0.1, 0.15) is 57.6 Å². The molecule has 0 spiro atoms. The molecule has 0 saturated carbocycles. The number of para-hydroxylation sites is 1. The van der Waals surface area contributed by atoms with E-state index in [1.54, 1.807) is 0 Å². The molecule has 1 aromatic carbocycles. The van der Waals surface area contributed by atoms with Gasteiger partial charge in [0.2, 0.25) is 0 Å². The molecule has 1 rings (SSSR count). The van der Waals surface area contributed by atoms with Gasteiger partial charge in [-0.25, -0.2) is 9.79 Å². The molecule has 0 aliphatic heterocycles. The van der Waals surface area contributed by atoms with Crippen molar-refractivity contribution in [3.63, 3.8) is 0 Å². The van der Waals surface area contributed by atoms with Gasteiger partial charge >= 0.3 is 41.6 Å². The van der Waals surface area contributed by atoms with E-state index in [4.69, 9.17) is 23.7 Å². The molecule has 21 heavy (non-hydrogen) atoms. The molecule has 0 aromatic heterocycles. The van der Waals surface area contributed by atoms with Crippen molar-refractivity contribution < 1.29 is 26.9 Å². The monoisotopic (exact) mass is 365 g/mol. The maximum absolute atomic E-state index is 10.9. The Hall–Kier alpha value is -0.346. The van der Waals surface area contributed by atoms with E-state index in [0.29, 0.717) is 11.8 Å². The number of aliphatic carboxylic acids is 1. The molecule has 0 amide bonds. The van der Waals surface area contributed by atoms with Gasteiger partial charge < -0.3 is 5.11 Å². The van der Waals surface area contributed by atoms with E-state index in [0.717, 1.165) is 16.8 Å². The van der Waals surface area contributed by atoms with E-state index in [1.807, 2.05) is 18.2 Å². The van der Waals surface area contributed by atoms with Gasteiger partial charge in [0, 0.05) is 0 Å². The number of carboxylic acid groups (broad SMARTS) is 1. The van der Waals surface area contributed by atoms with E-state index in [1.165, 1.54) is 6.92 Å². The predicted molar refractivity (Wildman–Crippen MR) is 86.7 cm³/mol. The second kappa shape index (κ2) is 10.4. The van der Waals surface area contributed by atoms with Crippen LogP contribution >= 0.6 is 18.6 Å². The maximum atomic E-state index is 10.9. The van der Waals surface area contributed by atoms with Crippen LogP contribution in [-0.4, -0.2) is 16.8 Å². The number of nitrogens with zero attached hydrogens (tertiary/aromatic N) is 1. The fourth-order valence-corrected chi connectivity index (χ4v) is 1.86. The molecule has 0 bridgehead atoms. The Bertz CT molecular complexity index is 476. The van der Waals surface area contributed by atoms with E-state index in [2.05, 4.69) is 32.7 Å². The van der Waals surface area contributed by atoms with Gasteiger partial charge in [-0.3, -0.25) is 0 Å². The van der Waals surface area contributed by atoms with Crippen LogP contribution in [0.5, 0.6) is 0 Å². The first-order valence-corrected chi connectivity index (χ1v) is 10.9. The van der Waals surface area contributed by atoms with Gasteiger partial charge in [0.15, 0.2) is 0 Å². The number of carbonyl (C=O) groups is 1. The van der Waals surface area contributed by atoms with Gasteiger partial charge in [0.1, 0.15) is 5.71 Å². The number of halogens is 2. The van der Waals surface area contributed by atoms with Crippen LogP contribution in [0.3, 0.4) is 0 Å². The summed E-state index contributed by atoms with van der Waals surface area (Å²) in [5.41, 5.74) is 3.15. The Kier molecular flexibility index (Phi) is 10.2. The normalized spacial score (nSPS) is 11.2. The number of aliphatic imine (C=N–C) groups is 1. The van der Waals surface area contributed by atoms with Crippen LogP contribution in [0, 0.1) is 0 Å². The molecule has 0 unspecified atom stereocenters. The van der Waals surface area contributed by atoms with Crippen molar-refractivity contribution in [1.82, 2.24) is 0 Å². The Balaban J connectivity index is 0.00000122. The molecule has 0 radical (unpaired) electrons. The second-order valence-corrected chi connectivity index (χ2v) is 7.75. The zero-order valence-corrected chi connectivity index (χ0v) is 16.0. The summed E-state index contributed by atoms with van der Waals surface area (Å²) in [5.74, 6) is -0.323. The van der Waals surface area contributed by atoms with Crippen LogP contribution in [0.4, 0.5) is 5.69 Å². The molecule has 116 valence electrons. The number of rotatable bonds is 4. The van der Waals surface area contributed by atoms with E-state index in [-0.39, 0.29) is 5.71 Å². The first-order chi connectivity index (χ1) is 9.76. The second-order valence-electron chi connectivity index (χ2n) is 5.17. The van der Waals surface area contributed by atoms with Crippen LogP contribution in [-0.2, 0) is 21.8 Å². The van der Waals surface area contributed by atoms with Crippen molar-refractivity contribution in [2.24, 2.45) is 4.99 Å². The molecular weight excluding hydrogens is 345 g/mol. The standard InChI is InChI=1S/C15H21NO2.2ClH.Ti/c1-9(2)12-7-6-8-13(10(3)4)14(12)16-11(5)15(17)18;;;/h6-10H,1-5H3,(H,17,18);2*1H;/q;;;+2/p-2. The third-order valence-corrected chi connectivity index (χ3v) is 2.93. The zero-order chi connectivity index (χ0) is 16.6. The van der Waals surface area contributed by atoms with Crippen molar-refractivity contribution in [2.75, 3.05) is 0 Å². The van der Waals surface area contributed by atoms with E-state index in [9.17, 15) is 4.79 Å². The molecule has 0 atom stereocenters. The predicted octanol–water partition coefficient (Wildman–Crippen LogP) is 5.49. The fourth-order valence-electron chi connectivity index (χ4n) is 1.86. The summed E-state index contributed by atoms with van der Waals surface area (Å²) >= 11 is -0.556. The Labute approximate surface area is 143 Å². The first-order valence-electron chi connectivity index (χ1n) is 6.63. The molecule has 0 saturated heterocycles. The molecule has 0 heterocycles. The van der Waals surface area contributed by atoms with Gasteiger partial charge in [0.25, 0.3) is 0 Å². The molecule has 1 aromatic rings. The van der Waals surface area contributed by atoms with Crippen molar-refractivity contribution in [3.05, 3.63) is 29.3 Å². The SMILES string of the molecule is CC(=Nc1c(C(C)C)cccc1C(C)C)C(=O)O.[Cl][Ti][Cl]. The first kappa shape index (κ1) is 20.7. The summed E-state index contributed by atoms with van der Waals surface area (Å²) in [6.07, 6.45) is 0. The Morgan fingerprint density at radius 1 is 1.14 bits per heavy atom.